The van der Waals surface area contributed by atoms with E-state index in [1.807, 2.05) is 0 Å². The van der Waals surface area contributed by atoms with Crippen molar-refractivity contribution in [2.45, 2.75) is 41.5 Å². The zero-order valence-electron chi connectivity index (χ0n) is 18.6. The number of hydrogen-bond acceptors (Lipinski definition) is 0. The quantitative estimate of drug-likeness (QED) is 0.303. The van der Waals surface area contributed by atoms with E-state index < -0.39 is 41.8 Å². The first-order valence-electron chi connectivity index (χ1n) is 10.4. The van der Waals surface area contributed by atoms with Crippen LogP contribution >= 0.6 is 0 Å². The summed E-state index contributed by atoms with van der Waals surface area (Å²) < 4.78 is 6.40. The molecule has 0 unspecified atom stereocenters. The van der Waals surface area contributed by atoms with Crippen LogP contribution < -0.4 is 14.4 Å². The monoisotopic (exact) mass is 624 g/mol. The zero-order valence-corrected chi connectivity index (χ0v) is 23.3. The van der Waals surface area contributed by atoms with Crippen LogP contribution in [-0.2, 0) is 0 Å². The first-order valence-corrected chi connectivity index (χ1v) is 15.0. The van der Waals surface area contributed by atoms with E-state index >= 15 is 0 Å². The van der Waals surface area contributed by atoms with Gasteiger partial charge in [0.2, 0.25) is 0 Å². The molecule has 4 rings (SSSR count). The molecule has 0 atom stereocenters. The fourth-order valence-corrected chi connectivity index (χ4v) is 11.4. The molecule has 30 heavy (non-hydrogen) atoms. The molecule has 0 aromatic heterocycles. The summed E-state index contributed by atoms with van der Waals surface area (Å²) in [5.74, 6) is 0. The van der Waals surface area contributed by atoms with Crippen LogP contribution in [0.4, 0.5) is 0 Å². The summed E-state index contributed by atoms with van der Waals surface area (Å²) in [6, 6.07) is 23.3. The van der Waals surface area contributed by atoms with Gasteiger partial charge < -0.3 is 0 Å². The Morgan fingerprint density at radius 3 is 1.23 bits per heavy atom. The fraction of sp³-hybridized carbons (Fsp3) is 0.214. The van der Waals surface area contributed by atoms with Gasteiger partial charge in [0.15, 0.2) is 0 Å². The zero-order chi connectivity index (χ0) is 21.4. The standard InChI is InChI=1S/C28H28Te2/c1-17-13-19(3)27(20(4)14-17)29-24-11-7-9-23-10-8-12-25(26(23)24)30-28-21(5)15-18(2)16-22(28)6/h7-16H,1-6H3. The number of benzene rings is 4. The van der Waals surface area contributed by atoms with Crippen LogP contribution in [0.2, 0.25) is 0 Å². The van der Waals surface area contributed by atoms with Gasteiger partial charge in [-0.05, 0) is 0 Å². The molecular weight excluding hydrogens is 592 g/mol. The van der Waals surface area contributed by atoms with Gasteiger partial charge in [-0.3, -0.25) is 0 Å². The molecule has 0 bridgehead atoms. The van der Waals surface area contributed by atoms with E-state index in [-0.39, 0.29) is 0 Å². The second-order valence-corrected chi connectivity index (χ2v) is 14.3. The Labute approximate surface area is 201 Å². The van der Waals surface area contributed by atoms with E-state index in [0.717, 1.165) is 0 Å². The molecule has 0 heterocycles. The molecule has 0 aliphatic rings. The molecule has 0 fully saturated rings. The first-order chi connectivity index (χ1) is 14.3. The molecule has 0 nitrogen and oxygen atoms in total. The summed E-state index contributed by atoms with van der Waals surface area (Å²) in [5, 5.41) is 2.95. The van der Waals surface area contributed by atoms with Crippen LogP contribution in [0.25, 0.3) is 10.8 Å². The van der Waals surface area contributed by atoms with Crippen LogP contribution in [0.5, 0.6) is 0 Å². The topological polar surface area (TPSA) is 0 Å². The third-order valence-electron chi connectivity index (χ3n) is 5.46. The van der Waals surface area contributed by atoms with Gasteiger partial charge in [-0.2, -0.15) is 0 Å². The van der Waals surface area contributed by atoms with E-state index in [9.17, 15) is 0 Å². The summed E-state index contributed by atoms with van der Waals surface area (Å²) in [6.07, 6.45) is 0. The summed E-state index contributed by atoms with van der Waals surface area (Å²) in [7, 11) is 0. The number of aryl methyl sites for hydroxylation is 6. The SMILES string of the molecule is Cc1cc(C)c([Te]c2cccc3cccc([Te]c4c(C)cc(C)cc4C)c23)c(C)c1. The molecule has 0 N–H and O–H groups in total. The number of rotatable bonds is 4. The Kier molecular flexibility index (Phi) is 6.63. The van der Waals surface area contributed by atoms with Gasteiger partial charge in [-0.15, -0.1) is 0 Å². The van der Waals surface area contributed by atoms with E-state index in [2.05, 4.69) is 102 Å². The molecule has 0 amide bonds. The van der Waals surface area contributed by atoms with Crippen molar-refractivity contribution in [1.29, 1.82) is 0 Å². The van der Waals surface area contributed by atoms with Crippen LogP contribution in [0.15, 0.2) is 60.7 Å². The van der Waals surface area contributed by atoms with Crippen molar-refractivity contribution >= 4 is 67.1 Å². The molecule has 152 valence electrons. The Bertz CT molecular complexity index is 1110. The van der Waals surface area contributed by atoms with Gasteiger partial charge in [-0.1, -0.05) is 0 Å². The van der Waals surface area contributed by atoms with Gasteiger partial charge in [0, 0.05) is 0 Å². The van der Waals surface area contributed by atoms with Crippen molar-refractivity contribution in [2.75, 3.05) is 0 Å². The Hall–Kier alpha value is -1.28. The van der Waals surface area contributed by atoms with E-state index in [4.69, 9.17) is 0 Å². The van der Waals surface area contributed by atoms with Crippen molar-refractivity contribution in [3.8, 4) is 0 Å². The molecule has 0 aliphatic carbocycles. The third kappa shape index (κ3) is 4.49. The van der Waals surface area contributed by atoms with Gasteiger partial charge in [0.05, 0.1) is 0 Å². The maximum absolute atomic E-state index is 2.40. The average Bonchev–Trinajstić information content (AvgIpc) is 2.67. The van der Waals surface area contributed by atoms with Crippen LogP contribution in [0.3, 0.4) is 0 Å². The van der Waals surface area contributed by atoms with Gasteiger partial charge in [-0.25, -0.2) is 0 Å². The van der Waals surface area contributed by atoms with Crippen molar-refractivity contribution < 1.29 is 0 Å². The van der Waals surface area contributed by atoms with E-state index in [0.29, 0.717) is 0 Å². The molecular formula is C28H28Te2. The first kappa shape index (κ1) is 21.9. The molecule has 0 radical (unpaired) electrons. The molecule has 0 saturated heterocycles. The van der Waals surface area contributed by atoms with Crippen LogP contribution in [0.1, 0.15) is 33.4 Å². The molecule has 0 spiro atoms. The van der Waals surface area contributed by atoms with Gasteiger partial charge >= 0.3 is 203 Å². The van der Waals surface area contributed by atoms with Crippen molar-refractivity contribution in [2.24, 2.45) is 0 Å². The van der Waals surface area contributed by atoms with E-state index in [1.165, 1.54) is 38.8 Å². The second-order valence-electron chi connectivity index (χ2n) is 8.27. The van der Waals surface area contributed by atoms with Crippen molar-refractivity contribution in [3.05, 3.63) is 94.0 Å². The molecule has 4 aromatic carbocycles. The molecule has 4 aromatic rings. The summed E-state index contributed by atoms with van der Waals surface area (Å²) >= 11 is -0.892. The van der Waals surface area contributed by atoms with Crippen LogP contribution in [0, 0.1) is 41.5 Å². The Balaban J connectivity index is 1.84. The summed E-state index contributed by atoms with van der Waals surface area (Å²) in [5.41, 5.74) is 8.60. The second kappa shape index (κ2) is 9.07. The predicted octanol–water partition coefficient (Wildman–Crippen LogP) is 4.00. The molecule has 0 aliphatic heterocycles. The van der Waals surface area contributed by atoms with Crippen molar-refractivity contribution in [1.82, 2.24) is 0 Å². The van der Waals surface area contributed by atoms with Crippen LogP contribution in [-0.4, -0.2) is 41.8 Å². The molecule has 0 saturated carbocycles. The predicted molar refractivity (Wildman–Crippen MR) is 135 cm³/mol. The fourth-order valence-electron chi connectivity index (χ4n) is 4.32. The minimum absolute atomic E-state index is 0.446. The van der Waals surface area contributed by atoms with Gasteiger partial charge in [0.1, 0.15) is 0 Å². The minimum atomic E-state index is -0.446. The molecule has 2 heteroatoms. The number of hydrogen-bond donors (Lipinski definition) is 0. The maximum atomic E-state index is 2.40. The third-order valence-corrected chi connectivity index (χ3v) is 13.5. The summed E-state index contributed by atoms with van der Waals surface area (Å²) in [6.45, 7) is 13.6. The van der Waals surface area contributed by atoms with E-state index in [1.54, 1.807) is 19.8 Å². The number of fused-ring (bicyclic) bond motifs is 1. The van der Waals surface area contributed by atoms with Gasteiger partial charge in [0.25, 0.3) is 0 Å². The Morgan fingerprint density at radius 2 is 0.867 bits per heavy atom. The summed E-state index contributed by atoms with van der Waals surface area (Å²) in [4.78, 5) is 0. The normalized spacial score (nSPS) is 11.3. The van der Waals surface area contributed by atoms with Crippen molar-refractivity contribution in [3.63, 3.8) is 0 Å². The Morgan fingerprint density at radius 1 is 0.500 bits per heavy atom. The average molecular weight is 620 g/mol.